The smallest absolute Gasteiger partial charge is 0.143 e. The molecule has 0 fully saturated rings. The van der Waals surface area contributed by atoms with Crippen molar-refractivity contribution in [3.05, 3.63) is 164 Å². The maximum absolute atomic E-state index is 6.60. The topological polar surface area (TPSA) is 16.4 Å². The third kappa shape index (κ3) is 4.13. The van der Waals surface area contributed by atoms with Gasteiger partial charge in [-0.25, -0.2) is 0 Å². The van der Waals surface area contributed by atoms with E-state index in [4.69, 9.17) is 4.42 Å². The Morgan fingerprint density at radius 1 is 0.405 bits per heavy atom. The molecule has 0 saturated heterocycles. The Hall–Kier alpha value is -5.60. The van der Waals surface area contributed by atoms with Crippen LogP contribution in [0.15, 0.2) is 168 Å². The first-order chi connectivity index (χ1) is 20.8. The predicted octanol–water partition coefficient (Wildman–Crippen LogP) is 11.5. The van der Waals surface area contributed by atoms with Gasteiger partial charge in [0.15, 0.2) is 0 Å². The van der Waals surface area contributed by atoms with Crippen LogP contribution < -0.4 is 4.90 Å². The largest absolute Gasteiger partial charge is 0.455 e. The van der Waals surface area contributed by atoms with Crippen molar-refractivity contribution in [3.8, 4) is 22.5 Å². The van der Waals surface area contributed by atoms with E-state index in [0.717, 1.165) is 50.5 Å². The van der Waals surface area contributed by atoms with Gasteiger partial charge >= 0.3 is 0 Å². The Kier molecular flexibility index (Phi) is 5.82. The number of nitrogens with zero attached hydrogens (tertiary/aromatic N) is 1. The Bertz CT molecular complexity index is 2200. The second-order valence-electron chi connectivity index (χ2n) is 10.6. The summed E-state index contributed by atoms with van der Waals surface area (Å²) < 4.78 is 6.60. The van der Waals surface area contributed by atoms with E-state index < -0.39 is 0 Å². The highest BCUT2D eigenvalue weighted by Gasteiger charge is 2.20. The normalized spacial score (nSPS) is 11.3. The number of hydrogen-bond acceptors (Lipinski definition) is 2. The summed E-state index contributed by atoms with van der Waals surface area (Å²) >= 11 is 0. The molecule has 0 saturated carbocycles. The zero-order valence-electron chi connectivity index (χ0n) is 22.9. The predicted molar refractivity (Wildman–Crippen MR) is 177 cm³/mol. The highest BCUT2D eigenvalue weighted by molar-refractivity contribution is 6.03. The number of rotatable bonds is 5. The third-order valence-corrected chi connectivity index (χ3v) is 8.02. The van der Waals surface area contributed by atoms with E-state index in [1.165, 1.54) is 21.5 Å². The first-order valence-electron chi connectivity index (χ1n) is 14.3. The van der Waals surface area contributed by atoms with Crippen molar-refractivity contribution in [2.45, 2.75) is 0 Å². The van der Waals surface area contributed by atoms with Crippen LogP contribution in [0.25, 0.3) is 55.0 Å². The molecule has 42 heavy (non-hydrogen) atoms. The van der Waals surface area contributed by atoms with Crippen molar-refractivity contribution in [2.24, 2.45) is 0 Å². The molecule has 0 radical (unpaired) electrons. The minimum absolute atomic E-state index is 0.876. The molecule has 8 rings (SSSR count). The number of anilines is 3. The standard InChI is InChI=1S/C40H27NO/c1-2-14-30(15-3-1)39-36-21-8-9-23-38(36)42-40(39)32-18-10-19-33(27-32)41(34-25-24-28-12-4-5-16-31(28)26-34)37-22-11-17-29-13-6-7-20-35(29)37/h1-27H. The lowest BCUT2D eigenvalue weighted by atomic mass is 9.98. The zero-order valence-corrected chi connectivity index (χ0v) is 22.9. The van der Waals surface area contributed by atoms with E-state index in [9.17, 15) is 0 Å². The molecular formula is C40H27NO. The maximum Gasteiger partial charge on any atom is 0.143 e. The van der Waals surface area contributed by atoms with Gasteiger partial charge in [0.25, 0.3) is 0 Å². The van der Waals surface area contributed by atoms with Gasteiger partial charge in [-0.2, -0.15) is 0 Å². The summed E-state index contributed by atoms with van der Waals surface area (Å²) in [4.78, 5) is 2.36. The van der Waals surface area contributed by atoms with Gasteiger partial charge in [0.05, 0.1) is 5.69 Å². The van der Waals surface area contributed by atoms with Crippen LogP contribution in [-0.2, 0) is 0 Å². The van der Waals surface area contributed by atoms with Crippen LogP contribution in [-0.4, -0.2) is 0 Å². The average Bonchev–Trinajstić information content (AvgIpc) is 3.45. The number of fused-ring (bicyclic) bond motifs is 3. The second kappa shape index (κ2) is 10.1. The average molecular weight is 538 g/mol. The van der Waals surface area contributed by atoms with Crippen molar-refractivity contribution in [2.75, 3.05) is 4.90 Å². The van der Waals surface area contributed by atoms with Crippen LogP contribution in [0.3, 0.4) is 0 Å². The maximum atomic E-state index is 6.60. The summed E-state index contributed by atoms with van der Waals surface area (Å²) in [5.74, 6) is 0.876. The van der Waals surface area contributed by atoms with Gasteiger partial charge in [0.2, 0.25) is 0 Å². The van der Waals surface area contributed by atoms with Gasteiger partial charge in [0, 0.05) is 33.3 Å². The van der Waals surface area contributed by atoms with Crippen LogP contribution in [0, 0.1) is 0 Å². The molecule has 0 N–H and O–H groups in total. The lowest BCUT2D eigenvalue weighted by molar-refractivity contribution is 0.632. The van der Waals surface area contributed by atoms with E-state index in [1.807, 2.05) is 12.1 Å². The first-order valence-corrected chi connectivity index (χ1v) is 14.3. The SMILES string of the molecule is c1ccc(-c2c(-c3cccc(N(c4ccc5ccccc5c4)c4cccc5ccccc45)c3)oc3ccccc23)cc1. The van der Waals surface area contributed by atoms with Crippen LogP contribution >= 0.6 is 0 Å². The summed E-state index contributed by atoms with van der Waals surface area (Å²) in [7, 11) is 0. The zero-order chi connectivity index (χ0) is 27.9. The van der Waals surface area contributed by atoms with E-state index in [0.29, 0.717) is 0 Å². The third-order valence-electron chi connectivity index (χ3n) is 8.02. The van der Waals surface area contributed by atoms with E-state index >= 15 is 0 Å². The van der Waals surface area contributed by atoms with Gasteiger partial charge in [-0.3, -0.25) is 0 Å². The molecule has 0 bridgehead atoms. The number of hydrogen-bond donors (Lipinski definition) is 0. The van der Waals surface area contributed by atoms with Crippen molar-refractivity contribution in [1.82, 2.24) is 0 Å². The molecule has 0 aliphatic carbocycles. The molecule has 8 aromatic rings. The van der Waals surface area contributed by atoms with Crippen molar-refractivity contribution < 1.29 is 4.42 Å². The molecule has 0 atom stereocenters. The quantitative estimate of drug-likeness (QED) is 0.217. The van der Waals surface area contributed by atoms with Crippen molar-refractivity contribution >= 4 is 49.6 Å². The molecule has 1 heterocycles. The highest BCUT2D eigenvalue weighted by Crippen LogP contribution is 2.44. The second-order valence-corrected chi connectivity index (χ2v) is 10.6. The molecule has 2 heteroatoms. The Morgan fingerprint density at radius 3 is 1.93 bits per heavy atom. The molecule has 7 aromatic carbocycles. The van der Waals surface area contributed by atoms with Gasteiger partial charge in [-0.05, 0) is 58.1 Å². The molecule has 2 nitrogen and oxygen atoms in total. The molecule has 0 aliphatic heterocycles. The Balaban J connectivity index is 1.37. The summed E-state index contributed by atoms with van der Waals surface area (Å²) in [5.41, 5.74) is 7.49. The van der Waals surface area contributed by atoms with Gasteiger partial charge in [-0.15, -0.1) is 0 Å². The summed E-state index contributed by atoms with van der Waals surface area (Å²) in [5, 5.41) is 5.96. The lowest BCUT2D eigenvalue weighted by Gasteiger charge is -2.27. The fourth-order valence-corrected chi connectivity index (χ4v) is 6.07. The van der Waals surface area contributed by atoms with Crippen molar-refractivity contribution in [1.29, 1.82) is 0 Å². The van der Waals surface area contributed by atoms with E-state index in [1.54, 1.807) is 0 Å². The molecular weight excluding hydrogens is 510 g/mol. The minimum atomic E-state index is 0.876. The molecule has 0 unspecified atom stereocenters. The molecule has 0 spiro atoms. The molecule has 1 aromatic heterocycles. The summed E-state index contributed by atoms with van der Waals surface area (Å²) in [6, 6.07) is 57.9. The first kappa shape index (κ1) is 24.2. The number of benzene rings is 7. The van der Waals surface area contributed by atoms with Gasteiger partial charge in [-0.1, -0.05) is 127 Å². The molecule has 0 amide bonds. The van der Waals surface area contributed by atoms with Gasteiger partial charge in [0.1, 0.15) is 11.3 Å². The Morgan fingerprint density at radius 2 is 1.05 bits per heavy atom. The molecule has 0 aliphatic rings. The lowest BCUT2D eigenvalue weighted by Crippen LogP contribution is -2.10. The van der Waals surface area contributed by atoms with Crippen LogP contribution in [0.5, 0.6) is 0 Å². The summed E-state index contributed by atoms with van der Waals surface area (Å²) in [6.45, 7) is 0. The minimum Gasteiger partial charge on any atom is -0.455 e. The number of furan rings is 1. The summed E-state index contributed by atoms with van der Waals surface area (Å²) in [6.07, 6.45) is 0. The van der Waals surface area contributed by atoms with Crippen molar-refractivity contribution in [3.63, 3.8) is 0 Å². The van der Waals surface area contributed by atoms with Crippen LogP contribution in [0.2, 0.25) is 0 Å². The fraction of sp³-hybridized carbons (Fsp3) is 0. The highest BCUT2D eigenvalue weighted by atomic mass is 16.3. The van der Waals surface area contributed by atoms with Crippen LogP contribution in [0.4, 0.5) is 17.1 Å². The van der Waals surface area contributed by atoms with Gasteiger partial charge < -0.3 is 9.32 Å². The van der Waals surface area contributed by atoms with Crippen LogP contribution in [0.1, 0.15) is 0 Å². The number of para-hydroxylation sites is 1. The van der Waals surface area contributed by atoms with E-state index in [2.05, 4.69) is 157 Å². The fourth-order valence-electron chi connectivity index (χ4n) is 6.07. The molecule has 198 valence electrons. The monoisotopic (exact) mass is 537 g/mol. The van der Waals surface area contributed by atoms with E-state index in [-0.39, 0.29) is 0 Å². The Labute approximate surface area is 244 Å².